The van der Waals surface area contributed by atoms with Gasteiger partial charge < -0.3 is 20.4 Å². The number of rotatable bonds is 3. The zero-order valence-corrected chi connectivity index (χ0v) is 13.3. The monoisotopic (exact) mass is 321 g/mol. The third-order valence-electron chi connectivity index (χ3n) is 3.18. The van der Waals surface area contributed by atoms with Gasteiger partial charge in [0, 0.05) is 24.7 Å². The third-order valence-corrected chi connectivity index (χ3v) is 4.03. The Bertz CT molecular complexity index is 521. The van der Waals surface area contributed by atoms with E-state index in [1.54, 1.807) is 6.07 Å². The second kappa shape index (κ2) is 6.41. The Morgan fingerprint density at radius 3 is 2.70 bits per heavy atom. The minimum Gasteiger partial charge on any atom is -0.356 e. The van der Waals surface area contributed by atoms with E-state index in [4.69, 9.17) is 5.73 Å². The smallest absolute Gasteiger partial charge is 0.356 e. The van der Waals surface area contributed by atoms with Crippen LogP contribution in [0, 0.1) is 5.92 Å². The molecule has 6 nitrogen and oxygen atoms in total. The molecule has 0 bridgehead atoms. The standard InChI is InChI=1S/C12H20N3O3P.ClH/c1-8(2)7-15-6-5-10(13)9-3-4-11(14-12(9)15)19(16,17)18;/h3-4,8,10H,5-7,13H2,1-2H3,(H2,16,17,18);1H. The first-order valence-electron chi connectivity index (χ1n) is 6.36. The van der Waals surface area contributed by atoms with Crippen LogP contribution in [0.2, 0.25) is 0 Å². The van der Waals surface area contributed by atoms with Crippen LogP contribution in [0.25, 0.3) is 0 Å². The van der Waals surface area contributed by atoms with Gasteiger partial charge in [-0.15, -0.1) is 12.4 Å². The van der Waals surface area contributed by atoms with E-state index in [2.05, 4.69) is 23.7 Å². The Hall–Kier alpha value is -0.650. The Labute approximate surface area is 125 Å². The molecule has 0 saturated carbocycles. The summed E-state index contributed by atoms with van der Waals surface area (Å²) in [7, 11) is -4.32. The molecule has 2 heterocycles. The first kappa shape index (κ1) is 17.4. The molecule has 8 heteroatoms. The molecule has 0 spiro atoms. The minimum absolute atomic E-state index is 0. The number of nitrogens with two attached hydrogens (primary N) is 1. The van der Waals surface area contributed by atoms with Crippen LogP contribution in [-0.2, 0) is 4.57 Å². The van der Waals surface area contributed by atoms with Crippen molar-refractivity contribution in [3.8, 4) is 0 Å². The second-order valence-electron chi connectivity index (χ2n) is 5.36. The number of hydrogen-bond donors (Lipinski definition) is 3. The predicted octanol–water partition coefficient (Wildman–Crippen LogP) is 1.17. The molecule has 0 aromatic carbocycles. The van der Waals surface area contributed by atoms with Crippen LogP contribution in [0.4, 0.5) is 5.82 Å². The van der Waals surface area contributed by atoms with Crippen LogP contribution in [0.3, 0.4) is 0 Å². The molecule has 1 aromatic heterocycles. The lowest BCUT2D eigenvalue weighted by Crippen LogP contribution is -2.38. The lowest BCUT2D eigenvalue weighted by Gasteiger charge is -2.34. The molecular weight excluding hydrogens is 301 g/mol. The summed E-state index contributed by atoms with van der Waals surface area (Å²) < 4.78 is 11.3. The van der Waals surface area contributed by atoms with Gasteiger partial charge in [0.25, 0.3) is 0 Å². The van der Waals surface area contributed by atoms with E-state index < -0.39 is 7.60 Å². The summed E-state index contributed by atoms with van der Waals surface area (Å²) in [6, 6.07) is 2.95. The summed E-state index contributed by atoms with van der Waals surface area (Å²) in [5.74, 6) is 1.07. The zero-order valence-electron chi connectivity index (χ0n) is 11.6. The van der Waals surface area contributed by atoms with Crippen molar-refractivity contribution in [2.75, 3.05) is 18.0 Å². The van der Waals surface area contributed by atoms with E-state index in [0.29, 0.717) is 11.7 Å². The number of anilines is 1. The molecule has 2 rings (SSSR count). The highest BCUT2D eigenvalue weighted by molar-refractivity contribution is 7.60. The van der Waals surface area contributed by atoms with E-state index in [-0.39, 0.29) is 23.9 Å². The topological polar surface area (TPSA) is 99.7 Å². The normalized spacial score (nSPS) is 18.7. The number of hydrogen-bond acceptors (Lipinski definition) is 4. The molecule has 20 heavy (non-hydrogen) atoms. The fourth-order valence-corrected chi connectivity index (χ4v) is 2.82. The molecule has 4 N–H and O–H groups in total. The Morgan fingerprint density at radius 1 is 1.50 bits per heavy atom. The van der Waals surface area contributed by atoms with Crippen molar-refractivity contribution in [2.24, 2.45) is 11.7 Å². The van der Waals surface area contributed by atoms with Gasteiger partial charge in [0.05, 0.1) is 0 Å². The SMILES string of the molecule is CC(C)CN1CCC(N)c2ccc(P(=O)(O)O)nc21.Cl. The van der Waals surface area contributed by atoms with Crippen molar-refractivity contribution in [3.05, 3.63) is 17.7 Å². The summed E-state index contributed by atoms with van der Waals surface area (Å²) >= 11 is 0. The maximum absolute atomic E-state index is 11.3. The van der Waals surface area contributed by atoms with E-state index in [0.717, 1.165) is 25.1 Å². The summed E-state index contributed by atoms with van der Waals surface area (Å²) in [6.45, 7) is 5.77. The largest absolute Gasteiger partial charge is 0.374 e. The molecule has 1 aliphatic rings. The van der Waals surface area contributed by atoms with Crippen molar-refractivity contribution in [1.29, 1.82) is 0 Å². The van der Waals surface area contributed by atoms with Gasteiger partial charge in [-0.25, -0.2) is 4.98 Å². The van der Waals surface area contributed by atoms with Crippen LogP contribution in [0.1, 0.15) is 31.9 Å². The average Bonchev–Trinajstić information content (AvgIpc) is 2.31. The summed E-state index contributed by atoms with van der Waals surface area (Å²) in [5, 5.41) is 0. The maximum atomic E-state index is 11.3. The fourth-order valence-electron chi connectivity index (χ4n) is 2.33. The molecule has 0 amide bonds. The predicted molar refractivity (Wildman–Crippen MR) is 81.8 cm³/mol. The van der Waals surface area contributed by atoms with Crippen molar-refractivity contribution < 1.29 is 14.4 Å². The summed E-state index contributed by atoms with van der Waals surface area (Å²) in [6.07, 6.45) is 0.830. The number of fused-ring (bicyclic) bond motifs is 1. The van der Waals surface area contributed by atoms with Crippen molar-refractivity contribution in [1.82, 2.24) is 4.98 Å². The van der Waals surface area contributed by atoms with E-state index in [9.17, 15) is 14.4 Å². The Balaban J connectivity index is 0.00000200. The second-order valence-corrected chi connectivity index (χ2v) is 6.91. The molecule has 1 aromatic rings. The molecule has 1 atom stereocenters. The van der Waals surface area contributed by atoms with Gasteiger partial charge in [-0.1, -0.05) is 19.9 Å². The highest BCUT2D eigenvalue weighted by Crippen LogP contribution is 2.36. The van der Waals surface area contributed by atoms with Crippen LogP contribution >= 0.6 is 20.0 Å². The van der Waals surface area contributed by atoms with Crippen molar-refractivity contribution in [3.63, 3.8) is 0 Å². The minimum atomic E-state index is -4.32. The van der Waals surface area contributed by atoms with Crippen LogP contribution in [0.5, 0.6) is 0 Å². The van der Waals surface area contributed by atoms with E-state index >= 15 is 0 Å². The molecule has 0 aliphatic carbocycles. The first-order chi connectivity index (χ1) is 8.79. The van der Waals surface area contributed by atoms with Gasteiger partial charge in [0.2, 0.25) is 0 Å². The fraction of sp³-hybridized carbons (Fsp3) is 0.583. The lowest BCUT2D eigenvalue weighted by molar-refractivity contribution is 0.386. The highest BCUT2D eigenvalue weighted by Gasteiger charge is 2.28. The van der Waals surface area contributed by atoms with Crippen LogP contribution < -0.4 is 16.1 Å². The maximum Gasteiger partial charge on any atom is 0.374 e. The molecule has 1 aliphatic heterocycles. The summed E-state index contributed by atoms with van der Waals surface area (Å²) in [5.41, 5.74) is 6.72. The van der Waals surface area contributed by atoms with Gasteiger partial charge >= 0.3 is 7.60 Å². The van der Waals surface area contributed by atoms with Crippen molar-refractivity contribution >= 4 is 31.3 Å². The number of halogens is 1. The van der Waals surface area contributed by atoms with Gasteiger partial charge in [-0.3, -0.25) is 4.57 Å². The zero-order chi connectivity index (χ0) is 14.2. The molecule has 0 saturated heterocycles. The Kier molecular flexibility index (Phi) is 5.58. The highest BCUT2D eigenvalue weighted by atomic mass is 35.5. The van der Waals surface area contributed by atoms with E-state index in [1.807, 2.05) is 0 Å². The van der Waals surface area contributed by atoms with Gasteiger partial charge in [0.1, 0.15) is 5.82 Å². The molecule has 1 unspecified atom stereocenters. The molecule has 114 valence electrons. The van der Waals surface area contributed by atoms with Crippen LogP contribution in [-0.4, -0.2) is 27.9 Å². The van der Waals surface area contributed by atoms with Crippen molar-refractivity contribution in [2.45, 2.75) is 26.3 Å². The molecule has 0 fully saturated rings. The number of nitrogens with zero attached hydrogens (tertiary/aromatic N) is 2. The molecular formula is C12H21ClN3O3P. The lowest BCUT2D eigenvalue weighted by atomic mass is 10.00. The van der Waals surface area contributed by atoms with E-state index in [1.165, 1.54) is 6.07 Å². The van der Waals surface area contributed by atoms with Gasteiger partial charge in [-0.05, 0) is 18.4 Å². The van der Waals surface area contributed by atoms with Crippen LogP contribution in [0.15, 0.2) is 12.1 Å². The quantitative estimate of drug-likeness (QED) is 0.723. The third kappa shape index (κ3) is 3.71. The Morgan fingerprint density at radius 2 is 2.15 bits per heavy atom. The van der Waals surface area contributed by atoms with Gasteiger partial charge in [-0.2, -0.15) is 0 Å². The number of pyridine rings is 1. The first-order valence-corrected chi connectivity index (χ1v) is 7.98. The summed E-state index contributed by atoms with van der Waals surface area (Å²) in [4.78, 5) is 24.7. The van der Waals surface area contributed by atoms with Gasteiger partial charge in [0.15, 0.2) is 5.44 Å². The average molecular weight is 322 g/mol. The number of aromatic nitrogens is 1. The molecule has 0 radical (unpaired) electrons.